The molecule has 1 nitrogen and oxygen atoms in total. The van der Waals surface area contributed by atoms with Crippen molar-refractivity contribution < 1.29 is 8.78 Å². The molecule has 0 aromatic heterocycles. The second-order valence-corrected chi connectivity index (χ2v) is 4.76. The molecule has 0 aliphatic rings. The highest BCUT2D eigenvalue weighted by atomic mass is 32.2. The van der Waals surface area contributed by atoms with Crippen LogP contribution in [0.2, 0.25) is 0 Å². The Hall–Kier alpha value is -0.610. The molecule has 0 heterocycles. The fraction of sp³-hybridized carbons (Fsp3) is 0.500. The zero-order valence-electron chi connectivity index (χ0n) is 9.59. The first-order valence-electron chi connectivity index (χ1n) is 5.30. The van der Waals surface area contributed by atoms with Gasteiger partial charge in [-0.25, -0.2) is 8.78 Å². The standard InChI is InChI=1S/C12H17F2NS/c1-9(6-7-16-2)15-8-10-4-3-5-11(13)12(10)14/h3-5,9,15H,6-8H2,1-2H3. The first-order valence-corrected chi connectivity index (χ1v) is 6.69. The minimum atomic E-state index is -0.781. The predicted octanol–water partition coefficient (Wildman–Crippen LogP) is 3.20. The van der Waals surface area contributed by atoms with E-state index in [2.05, 4.69) is 11.6 Å². The SMILES string of the molecule is CSCCC(C)NCc1cccc(F)c1F. The Labute approximate surface area is 99.6 Å². The molecule has 0 saturated heterocycles. The normalized spacial score (nSPS) is 12.8. The lowest BCUT2D eigenvalue weighted by Gasteiger charge is -2.13. The zero-order valence-corrected chi connectivity index (χ0v) is 10.4. The maximum atomic E-state index is 13.3. The monoisotopic (exact) mass is 245 g/mol. The molecule has 0 fully saturated rings. The van der Waals surface area contributed by atoms with Gasteiger partial charge in [-0.2, -0.15) is 11.8 Å². The fourth-order valence-corrected chi connectivity index (χ4v) is 1.96. The van der Waals surface area contributed by atoms with Gasteiger partial charge in [-0.05, 0) is 31.4 Å². The summed E-state index contributed by atoms with van der Waals surface area (Å²) in [5.41, 5.74) is 0.385. The largest absolute Gasteiger partial charge is 0.310 e. The number of hydrogen-bond acceptors (Lipinski definition) is 2. The van der Waals surface area contributed by atoms with Crippen LogP contribution in [-0.2, 0) is 6.54 Å². The van der Waals surface area contributed by atoms with Gasteiger partial charge in [0.05, 0.1) is 0 Å². The van der Waals surface area contributed by atoms with Crippen LogP contribution in [0.25, 0.3) is 0 Å². The van der Waals surface area contributed by atoms with Crippen molar-refractivity contribution in [2.45, 2.75) is 25.9 Å². The molecule has 0 amide bonds. The summed E-state index contributed by atoms with van der Waals surface area (Å²) < 4.78 is 26.2. The number of halogens is 2. The maximum absolute atomic E-state index is 13.3. The fourth-order valence-electron chi connectivity index (χ4n) is 1.37. The van der Waals surface area contributed by atoms with Crippen LogP contribution < -0.4 is 5.32 Å². The molecule has 0 aliphatic heterocycles. The Morgan fingerprint density at radius 2 is 2.12 bits per heavy atom. The molecule has 1 aromatic rings. The summed E-state index contributed by atoms with van der Waals surface area (Å²) in [5, 5.41) is 3.18. The number of rotatable bonds is 6. The van der Waals surface area contributed by atoms with Crippen molar-refractivity contribution >= 4 is 11.8 Å². The summed E-state index contributed by atoms with van der Waals surface area (Å²) in [5.74, 6) is -0.456. The summed E-state index contributed by atoms with van der Waals surface area (Å²) in [6, 6.07) is 4.58. The van der Waals surface area contributed by atoms with Gasteiger partial charge in [-0.1, -0.05) is 12.1 Å². The summed E-state index contributed by atoms with van der Waals surface area (Å²) in [6.07, 6.45) is 3.08. The van der Waals surface area contributed by atoms with E-state index in [1.807, 2.05) is 6.92 Å². The molecule has 1 aromatic carbocycles. The van der Waals surface area contributed by atoms with Gasteiger partial charge in [0.2, 0.25) is 0 Å². The molecular formula is C12H17F2NS. The Morgan fingerprint density at radius 1 is 1.38 bits per heavy atom. The predicted molar refractivity (Wildman–Crippen MR) is 65.7 cm³/mol. The number of thioether (sulfide) groups is 1. The quantitative estimate of drug-likeness (QED) is 0.826. The molecule has 0 saturated carbocycles. The minimum Gasteiger partial charge on any atom is -0.310 e. The summed E-state index contributed by atoms with van der Waals surface area (Å²) in [6.45, 7) is 2.42. The van der Waals surface area contributed by atoms with E-state index in [4.69, 9.17) is 0 Å². The first kappa shape index (κ1) is 13.5. The van der Waals surface area contributed by atoms with E-state index in [-0.39, 0.29) is 0 Å². The molecule has 90 valence electrons. The molecule has 0 bridgehead atoms. The maximum Gasteiger partial charge on any atom is 0.163 e. The van der Waals surface area contributed by atoms with E-state index in [1.165, 1.54) is 6.07 Å². The Balaban J connectivity index is 2.45. The van der Waals surface area contributed by atoms with Gasteiger partial charge in [0.1, 0.15) is 0 Å². The average molecular weight is 245 g/mol. The van der Waals surface area contributed by atoms with Crippen LogP contribution >= 0.6 is 11.8 Å². The summed E-state index contributed by atoms with van der Waals surface area (Å²) >= 11 is 1.78. The van der Waals surface area contributed by atoms with E-state index in [0.717, 1.165) is 18.2 Å². The highest BCUT2D eigenvalue weighted by Gasteiger charge is 2.08. The van der Waals surface area contributed by atoms with Crippen LogP contribution in [0.1, 0.15) is 18.9 Å². The van der Waals surface area contributed by atoms with Crippen LogP contribution in [0, 0.1) is 11.6 Å². The third-order valence-electron chi connectivity index (χ3n) is 2.43. The molecule has 1 N–H and O–H groups in total. The number of benzene rings is 1. The van der Waals surface area contributed by atoms with Crippen LogP contribution in [-0.4, -0.2) is 18.1 Å². The van der Waals surface area contributed by atoms with Crippen LogP contribution in [0.5, 0.6) is 0 Å². The number of nitrogens with one attached hydrogen (secondary N) is 1. The highest BCUT2D eigenvalue weighted by Crippen LogP contribution is 2.11. The van der Waals surface area contributed by atoms with Gasteiger partial charge >= 0.3 is 0 Å². The van der Waals surface area contributed by atoms with Crippen molar-refractivity contribution in [2.75, 3.05) is 12.0 Å². The zero-order chi connectivity index (χ0) is 12.0. The van der Waals surface area contributed by atoms with Crippen molar-refractivity contribution in [3.63, 3.8) is 0 Å². The lowest BCUT2D eigenvalue weighted by atomic mass is 10.2. The Kier molecular flexibility index (Phi) is 5.77. The van der Waals surface area contributed by atoms with Crippen molar-refractivity contribution in [1.29, 1.82) is 0 Å². The third-order valence-corrected chi connectivity index (χ3v) is 3.07. The Morgan fingerprint density at radius 3 is 2.81 bits per heavy atom. The molecule has 0 spiro atoms. The van der Waals surface area contributed by atoms with Crippen LogP contribution in [0.15, 0.2) is 18.2 Å². The summed E-state index contributed by atoms with van der Waals surface area (Å²) in [7, 11) is 0. The van der Waals surface area contributed by atoms with E-state index in [0.29, 0.717) is 18.2 Å². The van der Waals surface area contributed by atoms with E-state index < -0.39 is 11.6 Å². The molecule has 4 heteroatoms. The molecule has 1 unspecified atom stereocenters. The summed E-state index contributed by atoms with van der Waals surface area (Å²) in [4.78, 5) is 0. The van der Waals surface area contributed by atoms with Crippen LogP contribution in [0.3, 0.4) is 0 Å². The van der Waals surface area contributed by atoms with Crippen molar-refractivity contribution in [3.05, 3.63) is 35.4 Å². The van der Waals surface area contributed by atoms with Gasteiger partial charge in [0.25, 0.3) is 0 Å². The lowest BCUT2D eigenvalue weighted by molar-refractivity contribution is 0.479. The second-order valence-electron chi connectivity index (χ2n) is 3.78. The third kappa shape index (κ3) is 4.10. The molecule has 0 radical (unpaired) electrons. The molecule has 1 rings (SSSR count). The van der Waals surface area contributed by atoms with E-state index in [1.54, 1.807) is 17.8 Å². The van der Waals surface area contributed by atoms with Gasteiger partial charge < -0.3 is 5.32 Å². The van der Waals surface area contributed by atoms with Gasteiger partial charge in [-0.3, -0.25) is 0 Å². The molecule has 1 atom stereocenters. The van der Waals surface area contributed by atoms with E-state index >= 15 is 0 Å². The topological polar surface area (TPSA) is 12.0 Å². The highest BCUT2D eigenvalue weighted by molar-refractivity contribution is 7.98. The van der Waals surface area contributed by atoms with Crippen molar-refractivity contribution in [1.82, 2.24) is 5.32 Å². The second kappa shape index (κ2) is 6.86. The lowest BCUT2D eigenvalue weighted by Crippen LogP contribution is -2.26. The van der Waals surface area contributed by atoms with E-state index in [9.17, 15) is 8.78 Å². The number of hydrogen-bond donors (Lipinski definition) is 1. The van der Waals surface area contributed by atoms with Crippen LogP contribution in [0.4, 0.5) is 8.78 Å². The average Bonchev–Trinajstić information content (AvgIpc) is 2.28. The van der Waals surface area contributed by atoms with Gasteiger partial charge in [0.15, 0.2) is 11.6 Å². The molecule has 0 aliphatic carbocycles. The smallest absolute Gasteiger partial charge is 0.163 e. The Bertz CT molecular complexity index is 331. The minimum absolute atomic E-state index is 0.315. The van der Waals surface area contributed by atoms with Crippen molar-refractivity contribution in [2.24, 2.45) is 0 Å². The first-order chi connectivity index (χ1) is 7.65. The van der Waals surface area contributed by atoms with Gasteiger partial charge in [0, 0.05) is 18.2 Å². The molecule has 16 heavy (non-hydrogen) atoms. The van der Waals surface area contributed by atoms with Gasteiger partial charge in [-0.15, -0.1) is 0 Å². The van der Waals surface area contributed by atoms with Crippen molar-refractivity contribution in [3.8, 4) is 0 Å². The molecular weight excluding hydrogens is 228 g/mol.